The molecule has 0 unspecified atom stereocenters. The zero-order valence-electron chi connectivity index (χ0n) is 15.0. The second kappa shape index (κ2) is 7.36. The molecular weight excluding hydrogens is 380 g/mol. The SMILES string of the molecule is Cc1onc(-c2ccccc2Cl)c1C(=O)Nc1ccc(N2CCNC2=O)cc1. The zero-order chi connectivity index (χ0) is 19.7. The van der Waals surface area contributed by atoms with Gasteiger partial charge in [-0.2, -0.15) is 0 Å². The summed E-state index contributed by atoms with van der Waals surface area (Å²) >= 11 is 6.25. The number of carbonyl (C=O) groups excluding carboxylic acids is 2. The average molecular weight is 397 g/mol. The van der Waals surface area contributed by atoms with Gasteiger partial charge in [0.15, 0.2) is 0 Å². The minimum atomic E-state index is -0.347. The van der Waals surface area contributed by atoms with Gasteiger partial charge in [-0.15, -0.1) is 0 Å². The number of anilines is 2. The minimum absolute atomic E-state index is 0.124. The van der Waals surface area contributed by atoms with Crippen LogP contribution in [0.5, 0.6) is 0 Å². The fourth-order valence-corrected chi connectivity index (χ4v) is 3.34. The van der Waals surface area contributed by atoms with E-state index in [0.29, 0.717) is 46.4 Å². The summed E-state index contributed by atoms with van der Waals surface area (Å²) in [6.45, 7) is 2.91. The number of halogens is 1. The molecule has 142 valence electrons. The molecule has 2 heterocycles. The molecule has 3 aromatic rings. The van der Waals surface area contributed by atoms with Crippen LogP contribution >= 0.6 is 11.6 Å². The molecule has 28 heavy (non-hydrogen) atoms. The van der Waals surface area contributed by atoms with E-state index in [0.717, 1.165) is 5.69 Å². The summed E-state index contributed by atoms with van der Waals surface area (Å²) in [6, 6.07) is 14.1. The molecule has 1 aliphatic rings. The third-order valence-corrected chi connectivity index (χ3v) is 4.84. The van der Waals surface area contributed by atoms with Crippen molar-refractivity contribution in [3.05, 3.63) is 64.9 Å². The van der Waals surface area contributed by atoms with E-state index in [1.165, 1.54) is 0 Å². The van der Waals surface area contributed by atoms with Crippen LogP contribution in [-0.2, 0) is 0 Å². The first kappa shape index (κ1) is 18.1. The maximum Gasteiger partial charge on any atom is 0.321 e. The normalized spacial score (nSPS) is 13.5. The monoisotopic (exact) mass is 396 g/mol. The molecule has 0 radical (unpaired) electrons. The molecule has 0 saturated carbocycles. The first-order valence-electron chi connectivity index (χ1n) is 8.72. The largest absolute Gasteiger partial charge is 0.360 e. The van der Waals surface area contributed by atoms with Crippen molar-refractivity contribution in [3.63, 3.8) is 0 Å². The lowest BCUT2D eigenvalue weighted by molar-refractivity contribution is 0.102. The van der Waals surface area contributed by atoms with Crippen LogP contribution in [0.15, 0.2) is 53.1 Å². The highest BCUT2D eigenvalue weighted by Gasteiger charge is 2.24. The van der Waals surface area contributed by atoms with E-state index in [1.807, 2.05) is 6.07 Å². The molecule has 0 atom stereocenters. The van der Waals surface area contributed by atoms with Crippen molar-refractivity contribution in [3.8, 4) is 11.3 Å². The lowest BCUT2D eigenvalue weighted by Crippen LogP contribution is -2.27. The van der Waals surface area contributed by atoms with Crippen molar-refractivity contribution < 1.29 is 14.1 Å². The van der Waals surface area contributed by atoms with E-state index in [9.17, 15) is 9.59 Å². The molecule has 4 rings (SSSR count). The number of rotatable bonds is 4. The molecule has 1 aliphatic heterocycles. The van der Waals surface area contributed by atoms with E-state index >= 15 is 0 Å². The first-order chi connectivity index (χ1) is 13.5. The molecule has 1 saturated heterocycles. The second-order valence-corrected chi connectivity index (χ2v) is 6.73. The summed E-state index contributed by atoms with van der Waals surface area (Å²) in [5.41, 5.74) is 2.72. The van der Waals surface area contributed by atoms with Gasteiger partial charge in [-0.3, -0.25) is 9.69 Å². The van der Waals surface area contributed by atoms with Crippen LogP contribution in [-0.4, -0.2) is 30.2 Å². The Kier molecular flexibility index (Phi) is 4.75. The predicted molar refractivity (Wildman–Crippen MR) is 107 cm³/mol. The van der Waals surface area contributed by atoms with E-state index in [-0.39, 0.29) is 11.9 Å². The number of carbonyl (C=O) groups is 2. The summed E-state index contributed by atoms with van der Waals surface area (Å²) in [6.07, 6.45) is 0. The van der Waals surface area contributed by atoms with Gasteiger partial charge in [0.1, 0.15) is 17.0 Å². The van der Waals surface area contributed by atoms with Gasteiger partial charge >= 0.3 is 6.03 Å². The molecule has 7 nitrogen and oxygen atoms in total. The fourth-order valence-electron chi connectivity index (χ4n) is 3.11. The number of hydrogen-bond donors (Lipinski definition) is 2. The van der Waals surface area contributed by atoms with Crippen LogP contribution in [0.4, 0.5) is 16.2 Å². The van der Waals surface area contributed by atoms with Gasteiger partial charge < -0.3 is 15.2 Å². The highest BCUT2D eigenvalue weighted by molar-refractivity contribution is 6.33. The van der Waals surface area contributed by atoms with Crippen molar-refractivity contribution in [2.75, 3.05) is 23.3 Å². The molecule has 2 N–H and O–H groups in total. The Morgan fingerprint density at radius 2 is 1.96 bits per heavy atom. The topological polar surface area (TPSA) is 87.5 Å². The van der Waals surface area contributed by atoms with E-state index < -0.39 is 0 Å². The number of nitrogens with zero attached hydrogens (tertiary/aromatic N) is 2. The number of amides is 3. The number of aryl methyl sites for hydroxylation is 1. The van der Waals surface area contributed by atoms with Gasteiger partial charge in [0, 0.05) is 30.0 Å². The van der Waals surface area contributed by atoms with Crippen molar-refractivity contribution in [2.45, 2.75) is 6.92 Å². The highest BCUT2D eigenvalue weighted by atomic mass is 35.5. The number of aromatic nitrogens is 1. The predicted octanol–water partition coefficient (Wildman–Crippen LogP) is 4.09. The van der Waals surface area contributed by atoms with E-state index in [1.54, 1.807) is 54.3 Å². The lowest BCUT2D eigenvalue weighted by atomic mass is 10.1. The number of hydrogen-bond acceptors (Lipinski definition) is 4. The van der Waals surface area contributed by atoms with Gasteiger partial charge in [0.05, 0.1) is 5.02 Å². The second-order valence-electron chi connectivity index (χ2n) is 6.33. The molecule has 1 fully saturated rings. The van der Waals surface area contributed by atoms with Gasteiger partial charge in [-0.05, 0) is 37.3 Å². The number of nitrogens with one attached hydrogen (secondary N) is 2. The van der Waals surface area contributed by atoms with Gasteiger partial charge in [-0.25, -0.2) is 4.79 Å². The molecule has 8 heteroatoms. The Labute approximate surface area is 166 Å². The van der Waals surface area contributed by atoms with E-state index in [4.69, 9.17) is 16.1 Å². The average Bonchev–Trinajstić information content (AvgIpc) is 3.28. The highest BCUT2D eigenvalue weighted by Crippen LogP contribution is 2.31. The van der Waals surface area contributed by atoms with Crippen LogP contribution < -0.4 is 15.5 Å². The fraction of sp³-hybridized carbons (Fsp3) is 0.150. The maximum absolute atomic E-state index is 12.9. The lowest BCUT2D eigenvalue weighted by Gasteiger charge is -2.14. The molecule has 0 spiro atoms. The Hall–Kier alpha value is -3.32. The molecule has 1 aromatic heterocycles. The van der Waals surface area contributed by atoms with Crippen LogP contribution in [0.3, 0.4) is 0 Å². The van der Waals surface area contributed by atoms with Gasteiger partial charge in [0.2, 0.25) is 0 Å². The third kappa shape index (κ3) is 3.32. The first-order valence-corrected chi connectivity index (χ1v) is 9.10. The molecule has 2 aromatic carbocycles. The number of urea groups is 1. The Morgan fingerprint density at radius 1 is 1.21 bits per heavy atom. The quantitative estimate of drug-likeness (QED) is 0.695. The zero-order valence-corrected chi connectivity index (χ0v) is 15.8. The van der Waals surface area contributed by atoms with Crippen molar-refractivity contribution >= 4 is 34.9 Å². The summed E-state index contributed by atoms with van der Waals surface area (Å²) in [5, 5.41) is 10.1. The Morgan fingerprint density at radius 3 is 2.64 bits per heavy atom. The molecular formula is C20H17ClN4O3. The summed E-state index contributed by atoms with van der Waals surface area (Å²) in [7, 11) is 0. The van der Waals surface area contributed by atoms with Crippen LogP contribution in [0.1, 0.15) is 16.1 Å². The standard InChI is InChI=1S/C20H17ClN4O3/c1-12-17(18(24-28-12)15-4-2-3-5-16(15)21)19(26)23-13-6-8-14(9-7-13)25-11-10-22-20(25)27/h2-9H,10-11H2,1H3,(H,22,27)(H,23,26). The summed E-state index contributed by atoms with van der Waals surface area (Å²) in [4.78, 5) is 26.3. The van der Waals surface area contributed by atoms with Crippen LogP contribution in [0.2, 0.25) is 5.02 Å². The smallest absolute Gasteiger partial charge is 0.321 e. The molecule has 3 amide bonds. The minimum Gasteiger partial charge on any atom is -0.360 e. The van der Waals surface area contributed by atoms with Crippen molar-refractivity contribution in [2.24, 2.45) is 0 Å². The van der Waals surface area contributed by atoms with Crippen LogP contribution in [0, 0.1) is 6.92 Å². The van der Waals surface area contributed by atoms with E-state index in [2.05, 4.69) is 15.8 Å². The van der Waals surface area contributed by atoms with Crippen molar-refractivity contribution in [1.82, 2.24) is 10.5 Å². The third-order valence-electron chi connectivity index (χ3n) is 4.51. The molecule has 0 bridgehead atoms. The molecule has 0 aliphatic carbocycles. The van der Waals surface area contributed by atoms with Gasteiger partial charge in [-0.1, -0.05) is 35.0 Å². The van der Waals surface area contributed by atoms with Gasteiger partial charge in [0.25, 0.3) is 5.91 Å². The summed E-state index contributed by atoms with van der Waals surface area (Å²) in [5.74, 6) is 0.0538. The Balaban J connectivity index is 1.57. The number of benzene rings is 2. The summed E-state index contributed by atoms with van der Waals surface area (Å²) < 4.78 is 5.24. The van der Waals surface area contributed by atoms with Crippen molar-refractivity contribution in [1.29, 1.82) is 0 Å². The van der Waals surface area contributed by atoms with Crippen LogP contribution in [0.25, 0.3) is 11.3 Å². The maximum atomic E-state index is 12.9. The Bertz CT molecular complexity index is 1050.